The van der Waals surface area contributed by atoms with Crippen molar-refractivity contribution in [2.75, 3.05) is 19.5 Å². The molecule has 1 heterocycles. The number of methoxy groups -OCH3 is 2. The number of furan rings is 1. The maximum absolute atomic E-state index is 10.8. The molecule has 2 N–H and O–H groups in total. The third kappa shape index (κ3) is 3.28. The summed E-state index contributed by atoms with van der Waals surface area (Å²) in [5.74, 6) is 0.684. The van der Waals surface area contributed by atoms with Crippen LogP contribution in [0.1, 0.15) is 29.3 Å². The highest BCUT2D eigenvalue weighted by atomic mass is 16.5. The molecule has 0 fully saturated rings. The molecule has 0 saturated carbocycles. The zero-order chi connectivity index (χ0) is 15.4. The van der Waals surface area contributed by atoms with Gasteiger partial charge in [0.2, 0.25) is 5.76 Å². The van der Waals surface area contributed by atoms with E-state index < -0.39 is 5.97 Å². The van der Waals surface area contributed by atoms with E-state index in [4.69, 9.17) is 19.0 Å². The van der Waals surface area contributed by atoms with Crippen LogP contribution < -0.4 is 14.8 Å². The molecule has 0 aliphatic rings. The fourth-order valence-electron chi connectivity index (χ4n) is 1.92. The maximum atomic E-state index is 10.8. The summed E-state index contributed by atoms with van der Waals surface area (Å²) >= 11 is 0. The van der Waals surface area contributed by atoms with Crippen LogP contribution in [0.25, 0.3) is 0 Å². The summed E-state index contributed by atoms with van der Waals surface area (Å²) in [5.41, 5.74) is 0.763. The minimum atomic E-state index is -1.09. The van der Waals surface area contributed by atoms with Crippen molar-refractivity contribution < 1.29 is 23.8 Å². The van der Waals surface area contributed by atoms with Gasteiger partial charge in [-0.25, -0.2) is 4.79 Å². The lowest BCUT2D eigenvalue weighted by molar-refractivity contribution is 0.0660. The number of carbonyl (C=O) groups is 1. The Morgan fingerprint density at radius 1 is 1.24 bits per heavy atom. The van der Waals surface area contributed by atoms with Crippen molar-refractivity contribution in [3.63, 3.8) is 0 Å². The van der Waals surface area contributed by atoms with Gasteiger partial charge in [0.1, 0.15) is 17.3 Å². The Morgan fingerprint density at radius 2 is 2.00 bits per heavy atom. The molecule has 1 aromatic carbocycles. The molecular formula is C15H17NO5. The van der Waals surface area contributed by atoms with Crippen molar-refractivity contribution in [3.8, 4) is 11.5 Å². The second-order valence-corrected chi connectivity index (χ2v) is 4.44. The van der Waals surface area contributed by atoms with Gasteiger partial charge in [-0.1, -0.05) is 0 Å². The van der Waals surface area contributed by atoms with E-state index >= 15 is 0 Å². The molecule has 1 unspecified atom stereocenters. The van der Waals surface area contributed by atoms with E-state index in [1.54, 1.807) is 26.4 Å². The van der Waals surface area contributed by atoms with Crippen LogP contribution >= 0.6 is 0 Å². The largest absolute Gasteiger partial charge is 0.497 e. The first-order chi connectivity index (χ1) is 10.0. The van der Waals surface area contributed by atoms with E-state index in [0.717, 1.165) is 5.69 Å². The Labute approximate surface area is 122 Å². The van der Waals surface area contributed by atoms with Crippen LogP contribution in [0.5, 0.6) is 11.5 Å². The molecule has 0 amide bonds. The monoisotopic (exact) mass is 291 g/mol. The number of benzene rings is 1. The summed E-state index contributed by atoms with van der Waals surface area (Å²) in [4.78, 5) is 10.8. The molecule has 1 atom stereocenters. The molecular weight excluding hydrogens is 274 g/mol. The Morgan fingerprint density at radius 3 is 2.57 bits per heavy atom. The number of carboxylic acid groups (broad SMARTS) is 1. The molecule has 0 aliphatic heterocycles. The third-order valence-electron chi connectivity index (χ3n) is 3.05. The van der Waals surface area contributed by atoms with Gasteiger partial charge in [0.25, 0.3) is 0 Å². The standard InChI is InChI=1S/C15H17NO5/c1-9(12-6-7-13(21-12)15(17)18)16-11-5-4-10(19-2)8-14(11)20-3/h4-9,16H,1-3H3,(H,17,18). The van der Waals surface area contributed by atoms with Gasteiger partial charge in [0.15, 0.2) is 0 Å². The van der Waals surface area contributed by atoms with Gasteiger partial charge in [0, 0.05) is 6.07 Å². The van der Waals surface area contributed by atoms with Gasteiger partial charge in [-0.3, -0.25) is 0 Å². The Hall–Kier alpha value is -2.63. The minimum Gasteiger partial charge on any atom is -0.497 e. The predicted molar refractivity (Wildman–Crippen MR) is 77.3 cm³/mol. The zero-order valence-electron chi connectivity index (χ0n) is 12.0. The van der Waals surface area contributed by atoms with Crippen molar-refractivity contribution >= 4 is 11.7 Å². The average molecular weight is 291 g/mol. The molecule has 2 rings (SSSR count). The van der Waals surface area contributed by atoms with E-state index in [1.165, 1.54) is 6.07 Å². The van der Waals surface area contributed by atoms with Gasteiger partial charge in [-0.05, 0) is 31.2 Å². The van der Waals surface area contributed by atoms with E-state index in [-0.39, 0.29) is 11.8 Å². The summed E-state index contributed by atoms with van der Waals surface area (Å²) in [7, 11) is 3.15. The highest BCUT2D eigenvalue weighted by molar-refractivity contribution is 5.84. The fraction of sp³-hybridized carbons (Fsp3) is 0.267. The fourth-order valence-corrected chi connectivity index (χ4v) is 1.92. The first kappa shape index (κ1) is 14.8. The number of carboxylic acids is 1. The van der Waals surface area contributed by atoms with Crippen LogP contribution in [-0.4, -0.2) is 25.3 Å². The highest BCUT2D eigenvalue weighted by Gasteiger charge is 2.15. The second kappa shape index (κ2) is 6.21. The average Bonchev–Trinajstić information content (AvgIpc) is 2.97. The predicted octanol–water partition coefficient (Wildman–Crippen LogP) is 3.17. The van der Waals surface area contributed by atoms with Crippen molar-refractivity contribution in [1.82, 2.24) is 0 Å². The molecule has 0 bridgehead atoms. The van der Waals surface area contributed by atoms with Gasteiger partial charge in [0.05, 0.1) is 25.9 Å². The molecule has 21 heavy (non-hydrogen) atoms. The van der Waals surface area contributed by atoms with Crippen molar-refractivity contribution in [2.45, 2.75) is 13.0 Å². The van der Waals surface area contributed by atoms with Crippen LogP contribution in [0.3, 0.4) is 0 Å². The summed E-state index contributed by atoms with van der Waals surface area (Å²) in [6.07, 6.45) is 0. The SMILES string of the molecule is COc1ccc(NC(C)c2ccc(C(=O)O)o2)c(OC)c1. The summed E-state index contributed by atoms with van der Waals surface area (Å²) < 4.78 is 15.7. The number of hydrogen-bond donors (Lipinski definition) is 2. The van der Waals surface area contributed by atoms with Crippen LogP contribution in [0, 0.1) is 0 Å². The number of anilines is 1. The lowest BCUT2D eigenvalue weighted by atomic mass is 10.2. The Kier molecular flexibility index (Phi) is 4.37. The van der Waals surface area contributed by atoms with Crippen molar-refractivity contribution in [2.24, 2.45) is 0 Å². The third-order valence-corrected chi connectivity index (χ3v) is 3.05. The highest BCUT2D eigenvalue weighted by Crippen LogP contribution is 2.32. The quantitative estimate of drug-likeness (QED) is 0.850. The van der Waals surface area contributed by atoms with E-state index in [9.17, 15) is 4.79 Å². The minimum absolute atomic E-state index is 0.0830. The number of hydrogen-bond acceptors (Lipinski definition) is 5. The Balaban J connectivity index is 2.18. The molecule has 6 heteroatoms. The van der Waals surface area contributed by atoms with E-state index in [2.05, 4.69) is 5.32 Å². The first-order valence-electron chi connectivity index (χ1n) is 6.36. The lowest BCUT2D eigenvalue weighted by Gasteiger charge is -2.16. The van der Waals surface area contributed by atoms with Crippen molar-refractivity contribution in [1.29, 1.82) is 0 Å². The number of aromatic carboxylic acids is 1. The topological polar surface area (TPSA) is 80.9 Å². The number of ether oxygens (including phenoxy) is 2. The molecule has 0 spiro atoms. The molecule has 0 radical (unpaired) electrons. The summed E-state index contributed by atoms with van der Waals surface area (Å²) in [5, 5.41) is 12.1. The zero-order valence-corrected chi connectivity index (χ0v) is 12.0. The van der Waals surface area contributed by atoms with Gasteiger partial charge in [-0.15, -0.1) is 0 Å². The first-order valence-corrected chi connectivity index (χ1v) is 6.36. The van der Waals surface area contributed by atoms with Crippen molar-refractivity contribution in [3.05, 3.63) is 41.9 Å². The maximum Gasteiger partial charge on any atom is 0.371 e. The van der Waals surface area contributed by atoms with Gasteiger partial charge >= 0.3 is 5.97 Å². The second-order valence-electron chi connectivity index (χ2n) is 4.44. The Bertz CT molecular complexity index is 635. The van der Waals surface area contributed by atoms with E-state index in [0.29, 0.717) is 17.3 Å². The molecule has 2 aromatic rings. The summed E-state index contributed by atoms with van der Waals surface area (Å²) in [6.45, 7) is 1.87. The smallest absolute Gasteiger partial charge is 0.371 e. The summed E-state index contributed by atoms with van der Waals surface area (Å²) in [6, 6.07) is 8.26. The van der Waals surface area contributed by atoms with Crippen LogP contribution in [0.15, 0.2) is 34.7 Å². The van der Waals surface area contributed by atoms with Crippen LogP contribution in [-0.2, 0) is 0 Å². The number of rotatable bonds is 6. The van der Waals surface area contributed by atoms with Crippen LogP contribution in [0.2, 0.25) is 0 Å². The van der Waals surface area contributed by atoms with E-state index in [1.807, 2.05) is 19.1 Å². The molecule has 112 valence electrons. The van der Waals surface area contributed by atoms with Crippen LogP contribution in [0.4, 0.5) is 5.69 Å². The lowest BCUT2D eigenvalue weighted by Crippen LogP contribution is -2.07. The molecule has 0 saturated heterocycles. The normalized spacial score (nSPS) is 11.8. The molecule has 1 aromatic heterocycles. The molecule has 0 aliphatic carbocycles. The number of nitrogens with one attached hydrogen (secondary N) is 1. The molecule has 6 nitrogen and oxygen atoms in total. The van der Waals surface area contributed by atoms with Gasteiger partial charge in [-0.2, -0.15) is 0 Å². The van der Waals surface area contributed by atoms with Gasteiger partial charge < -0.3 is 24.3 Å².